The zero-order valence-electron chi connectivity index (χ0n) is 17.1. The van der Waals surface area contributed by atoms with Crippen molar-refractivity contribution < 1.29 is 4.79 Å². The molecule has 0 aliphatic carbocycles. The third kappa shape index (κ3) is 3.43. The molecule has 0 aliphatic rings. The summed E-state index contributed by atoms with van der Waals surface area (Å²) in [4.78, 5) is 30.5. The lowest BCUT2D eigenvalue weighted by Crippen LogP contribution is -2.23. The summed E-state index contributed by atoms with van der Waals surface area (Å²) in [6.45, 7) is 3.60. The van der Waals surface area contributed by atoms with Crippen LogP contribution in [0.5, 0.6) is 0 Å². The highest BCUT2D eigenvalue weighted by atomic mass is 16.2. The summed E-state index contributed by atoms with van der Waals surface area (Å²) in [7, 11) is 1.79. The molecule has 2 heterocycles. The minimum atomic E-state index is -0.356. The second kappa shape index (κ2) is 7.83. The molecule has 4 rings (SSSR count). The van der Waals surface area contributed by atoms with E-state index in [1.807, 2.05) is 66.7 Å². The first-order chi connectivity index (χ1) is 14.5. The van der Waals surface area contributed by atoms with Gasteiger partial charge in [-0.05, 0) is 38.1 Å². The molecule has 0 saturated carbocycles. The Kier molecular flexibility index (Phi) is 5.06. The van der Waals surface area contributed by atoms with Gasteiger partial charge in [0, 0.05) is 12.6 Å². The molecule has 0 fully saturated rings. The van der Waals surface area contributed by atoms with Crippen LogP contribution < -0.4 is 10.9 Å². The van der Waals surface area contributed by atoms with Gasteiger partial charge < -0.3 is 5.32 Å². The molecule has 2 aromatic carbocycles. The minimum absolute atomic E-state index is 0.262. The lowest BCUT2D eigenvalue weighted by molar-refractivity contribution is 0.102. The van der Waals surface area contributed by atoms with Gasteiger partial charge in [-0.1, -0.05) is 48.5 Å². The molecule has 0 aliphatic heterocycles. The third-order valence-electron chi connectivity index (χ3n) is 5.19. The zero-order valence-corrected chi connectivity index (χ0v) is 17.1. The van der Waals surface area contributed by atoms with E-state index < -0.39 is 0 Å². The zero-order chi connectivity index (χ0) is 21.3. The van der Waals surface area contributed by atoms with Crippen molar-refractivity contribution in [2.45, 2.75) is 13.8 Å². The molecule has 6 heteroatoms. The molecule has 0 atom stereocenters. The van der Waals surface area contributed by atoms with E-state index in [0.717, 1.165) is 16.9 Å². The smallest absolute Gasteiger partial charge is 0.295 e. The Balaban J connectivity index is 1.66. The van der Waals surface area contributed by atoms with Gasteiger partial charge in [-0.25, -0.2) is 4.68 Å². The van der Waals surface area contributed by atoms with Gasteiger partial charge >= 0.3 is 0 Å². The summed E-state index contributed by atoms with van der Waals surface area (Å²) >= 11 is 0. The van der Waals surface area contributed by atoms with Crippen molar-refractivity contribution >= 4 is 11.6 Å². The summed E-state index contributed by atoms with van der Waals surface area (Å²) in [5.74, 6) is -0.356. The van der Waals surface area contributed by atoms with Crippen molar-refractivity contribution in [3.05, 3.63) is 100 Å². The largest absolute Gasteiger partial charge is 0.316 e. The number of pyridine rings is 1. The van der Waals surface area contributed by atoms with Gasteiger partial charge in [0.25, 0.3) is 11.5 Å². The Morgan fingerprint density at radius 1 is 0.900 bits per heavy atom. The molecule has 2 aromatic heterocycles. The number of nitrogens with zero attached hydrogens (tertiary/aromatic N) is 3. The van der Waals surface area contributed by atoms with Crippen molar-refractivity contribution in [3.63, 3.8) is 0 Å². The Morgan fingerprint density at radius 3 is 2.17 bits per heavy atom. The predicted octanol–water partition coefficient (Wildman–Crippen LogP) is 4.11. The van der Waals surface area contributed by atoms with Crippen molar-refractivity contribution in [2.24, 2.45) is 7.05 Å². The van der Waals surface area contributed by atoms with Crippen LogP contribution in [0.3, 0.4) is 0 Å². The van der Waals surface area contributed by atoms with Crippen LogP contribution in [0.4, 0.5) is 5.69 Å². The molecule has 4 aromatic rings. The monoisotopic (exact) mass is 398 g/mol. The summed E-state index contributed by atoms with van der Waals surface area (Å²) in [5.41, 5.74) is 4.21. The molecule has 150 valence electrons. The molecule has 30 heavy (non-hydrogen) atoms. The Bertz CT molecular complexity index is 1270. The summed E-state index contributed by atoms with van der Waals surface area (Å²) < 4.78 is 3.27. The molecule has 1 N–H and O–H groups in total. The molecule has 0 unspecified atom stereocenters. The molecule has 0 radical (unpaired) electrons. The Morgan fingerprint density at radius 2 is 1.53 bits per heavy atom. The summed E-state index contributed by atoms with van der Waals surface area (Å²) in [6, 6.07) is 22.7. The highest BCUT2D eigenvalue weighted by Crippen LogP contribution is 2.20. The number of hydrogen-bond acceptors (Lipinski definition) is 3. The van der Waals surface area contributed by atoms with Gasteiger partial charge in [0.15, 0.2) is 0 Å². The van der Waals surface area contributed by atoms with Gasteiger partial charge in [0.2, 0.25) is 0 Å². The summed E-state index contributed by atoms with van der Waals surface area (Å²) in [5, 5.41) is 2.79. The van der Waals surface area contributed by atoms with E-state index in [2.05, 4.69) is 10.3 Å². The maximum Gasteiger partial charge on any atom is 0.295 e. The van der Waals surface area contributed by atoms with Crippen LogP contribution in [0.25, 0.3) is 16.9 Å². The molecule has 1 amide bonds. The van der Waals surface area contributed by atoms with Gasteiger partial charge in [-0.3, -0.25) is 19.3 Å². The average Bonchev–Trinajstić information content (AvgIpc) is 2.98. The van der Waals surface area contributed by atoms with Crippen LogP contribution in [0.15, 0.2) is 77.6 Å². The number of anilines is 1. The van der Waals surface area contributed by atoms with Crippen LogP contribution >= 0.6 is 0 Å². The quantitative estimate of drug-likeness (QED) is 0.563. The van der Waals surface area contributed by atoms with E-state index in [1.165, 1.54) is 4.68 Å². The number of aryl methyl sites for hydroxylation is 1. The van der Waals surface area contributed by atoms with E-state index >= 15 is 0 Å². The van der Waals surface area contributed by atoms with E-state index in [0.29, 0.717) is 17.0 Å². The Hall–Kier alpha value is -3.93. The lowest BCUT2D eigenvalue weighted by Gasteiger charge is -2.08. The first-order valence-electron chi connectivity index (χ1n) is 9.66. The van der Waals surface area contributed by atoms with Crippen molar-refractivity contribution in [1.82, 2.24) is 14.3 Å². The number of amides is 1. The fourth-order valence-electron chi connectivity index (χ4n) is 3.46. The number of aromatic nitrogens is 3. The topological polar surface area (TPSA) is 68.9 Å². The standard InChI is InChI=1S/C24H22N4O2/c1-16-20(14-15-21(25-16)18-10-6-4-7-11-18)23(29)26-22-17(2)27(3)28(24(22)30)19-12-8-5-9-13-19/h4-15H,1-3H3,(H,26,29). The number of carbonyl (C=O) groups is 1. The fourth-order valence-corrected chi connectivity index (χ4v) is 3.46. The van der Waals surface area contributed by atoms with Gasteiger partial charge in [0.05, 0.1) is 28.3 Å². The highest BCUT2D eigenvalue weighted by Gasteiger charge is 2.20. The van der Waals surface area contributed by atoms with Crippen molar-refractivity contribution in [3.8, 4) is 16.9 Å². The molecule has 0 spiro atoms. The van der Waals surface area contributed by atoms with Crippen molar-refractivity contribution in [1.29, 1.82) is 0 Å². The first kappa shape index (κ1) is 19.4. The molecule has 0 saturated heterocycles. The number of para-hydroxylation sites is 1. The molecular formula is C24H22N4O2. The summed E-state index contributed by atoms with van der Waals surface area (Å²) in [6.07, 6.45) is 0. The first-order valence-corrected chi connectivity index (χ1v) is 9.66. The lowest BCUT2D eigenvalue weighted by atomic mass is 10.1. The van der Waals surface area contributed by atoms with Gasteiger partial charge in [-0.15, -0.1) is 0 Å². The number of hydrogen-bond donors (Lipinski definition) is 1. The minimum Gasteiger partial charge on any atom is -0.316 e. The number of nitrogens with one attached hydrogen (secondary N) is 1. The van der Waals surface area contributed by atoms with E-state index in [-0.39, 0.29) is 17.2 Å². The molecular weight excluding hydrogens is 376 g/mol. The number of carbonyl (C=O) groups excluding carboxylic acids is 1. The van der Waals surface area contributed by atoms with Crippen LogP contribution in [-0.2, 0) is 7.05 Å². The predicted molar refractivity (Wildman–Crippen MR) is 118 cm³/mol. The average molecular weight is 398 g/mol. The fraction of sp³-hybridized carbons (Fsp3) is 0.125. The maximum absolute atomic E-state index is 13.0. The normalized spacial score (nSPS) is 10.8. The van der Waals surface area contributed by atoms with Crippen LogP contribution in [-0.4, -0.2) is 20.3 Å². The third-order valence-corrected chi connectivity index (χ3v) is 5.19. The van der Waals surface area contributed by atoms with Crippen LogP contribution in [0.2, 0.25) is 0 Å². The highest BCUT2D eigenvalue weighted by molar-refractivity contribution is 6.05. The molecule has 0 bridgehead atoms. The number of benzene rings is 2. The van der Waals surface area contributed by atoms with Gasteiger partial charge in [0.1, 0.15) is 5.69 Å². The Labute approximate surface area is 174 Å². The van der Waals surface area contributed by atoms with Crippen LogP contribution in [0, 0.1) is 13.8 Å². The van der Waals surface area contributed by atoms with Crippen LogP contribution in [0.1, 0.15) is 21.7 Å². The number of rotatable bonds is 4. The van der Waals surface area contributed by atoms with E-state index in [9.17, 15) is 9.59 Å². The van der Waals surface area contributed by atoms with Gasteiger partial charge in [-0.2, -0.15) is 0 Å². The van der Waals surface area contributed by atoms with E-state index in [4.69, 9.17) is 0 Å². The second-order valence-corrected chi connectivity index (χ2v) is 7.09. The second-order valence-electron chi connectivity index (χ2n) is 7.09. The van der Waals surface area contributed by atoms with Crippen molar-refractivity contribution in [2.75, 3.05) is 5.32 Å². The molecule has 6 nitrogen and oxygen atoms in total. The van der Waals surface area contributed by atoms with E-state index in [1.54, 1.807) is 31.6 Å². The SMILES string of the molecule is Cc1nc(-c2ccccc2)ccc1C(=O)Nc1c(C)n(C)n(-c2ccccc2)c1=O. The maximum atomic E-state index is 13.0.